The number of benzene rings is 1. The Morgan fingerprint density at radius 3 is 2.92 bits per heavy atom. The van der Waals surface area contributed by atoms with Gasteiger partial charge in [-0.05, 0) is 30.3 Å². The van der Waals surface area contributed by atoms with E-state index in [1.165, 1.54) is 11.8 Å². The van der Waals surface area contributed by atoms with Gasteiger partial charge >= 0.3 is 0 Å². The summed E-state index contributed by atoms with van der Waals surface area (Å²) in [7, 11) is 0. The van der Waals surface area contributed by atoms with Crippen LogP contribution in [0.3, 0.4) is 0 Å². The SMILES string of the molecule is NC(=O)CCn1c(SCCOc2cccc(Br)c2)nnc1-c1ccco1. The maximum absolute atomic E-state index is 11.2. The number of thioether (sulfide) groups is 1. The highest BCUT2D eigenvalue weighted by Crippen LogP contribution is 2.25. The van der Waals surface area contributed by atoms with Gasteiger partial charge in [0.2, 0.25) is 5.91 Å². The first-order valence-corrected chi connectivity index (χ1v) is 9.68. The molecule has 0 saturated heterocycles. The fraction of sp³-hybridized carbons (Fsp3) is 0.235. The van der Waals surface area contributed by atoms with Crippen LogP contribution >= 0.6 is 27.7 Å². The molecule has 9 heteroatoms. The van der Waals surface area contributed by atoms with E-state index in [2.05, 4.69) is 26.1 Å². The summed E-state index contributed by atoms with van der Waals surface area (Å²) >= 11 is 4.91. The second kappa shape index (κ2) is 8.91. The number of carbonyl (C=O) groups is 1. The highest BCUT2D eigenvalue weighted by Gasteiger charge is 2.16. The molecule has 136 valence electrons. The zero-order chi connectivity index (χ0) is 18.4. The molecule has 3 rings (SSSR count). The van der Waals surface area contributed by atoms with E-state index in [0.717, 1.165) is 10.2 Å². The van der Waals surface area contributed by atoms with Crippen molar-refractivity contribution in [1.82, 2.24) is 14.8 Å². The molecule has 1 aromatic carbocycles. The molecule has 2 N–H and O–H groups in total. The van der Waals surface area contributed by atoms with Crippen LogP contribution in [-0.4, -0.2) is 33.0 Å². The third-order valence-corrected chi connectivity index (χ3v) is 4.84. The molecule has 2 heterocycles. The van der Waals surface area contributed by atoms with Gasteiger partial charge in [-0.3, -0.25) is 9.36 Å². The van der Waals surface area contributed by atoms with Gasteiger partial charge in [-0.25, -0.2) is 0 Å². The Morgan fingerprint density at radius 2 is 2.19 bits per heavy atom. The highest BCUT2D eigenvalue weighted by atomic mass is 79.9. The van der Waals surface area contributed by atoms with E-state index in [-0.39, 0.29) is 12.3 Å². The number of carbonyl (C=O) groups excluding carboxylic acids is 1. The topological polar surface area (TPSA) is 96.2 Å². The lowest BCUT2D eigenvalue weighted by atomic mass is 10.3. The number of rotatable bonds is 9. The molecule has 0 aliphatic rings. The van der Waals surface area contributed by atoms with Crippen LogP contribution < -0.4 is 10.5 Å². The van der Waals surface area contributed by atoms with Crippen LogP contribution in [0.1, 0.15) is 6.42 Å². The molecule has 0 aliphatic carbocycles. The lowest BCUT2D eigenvalue weighted by molar-refractivity contribution is -0.118. The maximum Gasteiger partial charge on any atom is 0.219 e. The van der Waals surface area contributed by atoms with Gasteiger partial charge in [0.05, 0.1) is 12.9 Å². The molecule has 0 atom stereocenters. The number of ether oxygens (including phenoxy) is 1. The van der Waals surface area contributed by atoms with Crippen molar-refractivity contribution in [2.75, 3.05) is 12.4 Å². The van der Waals surface area contributed by atoms with Gasteiger partial charge in [0.15, 0.2) is 16.7 Å². The summed E-state index contributed by atoms with van der Waals surface area (Å²) in [6, 6.07) is 11.3. The fourth-order valence-corrected chi connectivity index (χ4v) is 3.42. The number of nitrogens with zero attached hydrogens (tertiary/aromatic N) is 3. The second-order valence-electron chi connectivity index (χ2n) is 5.31. The number of primary amides is 1. The molecule has 0 fully saturated rings. The number of furan rings is 1. The van der Waals surface area contributed by atoms with Gasteiger partial charge < -0.3 is 14.9 Å². The van der Waals surface area contributed by atoms with Gasteiger partial charge in [0.1, 0.15) is 5.75 Å². The zero-order valence-corrected chi connectivity index (χ0v) is 16.2. The minimum Gasteiger partial charge on any atom is -0.493 e. The first kappa shape index (κ1) is 18.5. The van der Waals surface area contributed by atoms with Gasteiger partial charge in [0.25, 0.3) is 0 Å². The smallest absolute Gasteiger partial charge is 0.219 e. The van der Waals surface area contributed by atoms with Crippen molar-refractivity contribution in [2.45, 2.75) is 18.1 Å². The molecular formula is C17H17BrN4O3S. The summed E-state index contributed by atoms with van der Waals surface area (Å²) in [6.45, 7) is 0.910. The number of amides is 1. The third-order valence-electron chi connectivity index (χ3n) is 3.42. The average Bonchev–Trinajstić information content (AvgIpc) is 3.26. The number of hydrogen-bond acceptors (Lipinski definition) is 6. The molecule has 0 unspecified atom stereocenters. The van der Waals surface area contributed by atoms with Crippen molar-refractivity contribution < 1.29 is 13.9 Å². The first-order valence-electron chi connectivity index (χ1n) is 7.90. The second-order valence-corrected chi connectivity index (χ2v) is 7.28. The minimum absolute atomic E-state index is 0.202. The van der Waals surface area contributed by atoms with E-state index < -0.39 is 0 Å². The number of hydrogen-bond donors (Lipinski definition) is 1. The quantitative estimate of drug-likeness (QED) is 0.408. The van der Waals surface area contributed by atoms with Crippen molar-refractivity contribution >= 4 is 33.6 Å². The van der Waals surface area contributed by atoms with E-state index in [0.29, 0.717) is 35.6 Å². The molecule has 0 saturated carbocycles. The lowest BCUT2D eigenvalue weighted by Gasteiger charge is -2.09. The van der Waals surface area contributed by atoms with Crippen LogP contribution in [-0.2, 0) is 11.3 Å². The monoisotopic (exact) mass is 436 g/mol. The molecule has 26 heavy (non-hydrogen) atoms. The molecule has 0 aliphatic heterocycles. The number of halogens is 1. The molecule has 0 spiro atoms. The van der Waals surface area contributed by atoms with Crippen molar-refractivity contribution in [3.05, 3.63) is 47.1 Å². The summed E-state index contributed by atoms with van der Waals surface area (Å²) < 4.78 is 13.9. The van der Waals surface area contributed by atoms with Gasteiger partial charge in [-0.2, -0.15) is 0 Å². The standard InChI is InChI=1S/C17H17BrN4O3S/c18-12-3-1-4-13(11-12)24-9-10-26-17-21-20-16(14-5-2-8-25-14)22(17)7-6-15(19)23/h1-5,8,11H,6-7,9-10H2,(H2,19,23). The van der Waals surface area contributed by atoms with E-state index in [9.17, 15) is 4.79 Å². The summed E-state index contributed by atoms with van der Waals surface area (Å²) in [6.07, 6.45) is 1.77. The predicted octanol–water partition coefficient (Wildman–Crippen LogP) is 3.35. The molecule has 7 nitrogen and oxygen atoms in total. The van der Waals surface area contributed by atoms with Gasteiger partial charge in [-0.1, -0.05) is 33.8 Å². The minimum atomic E-state index is -0.377. The van der Waals surface area contributed by atoms with Crippen LogP contribution in [0.25, 0.3) is 11.6 Å². The van der Waals surface area contributed by atoms with Crippen molar-refractivity contribution in [1.29, 1.82) is 0 Å². The lowest BCUT2D eigenvalue weighted by Crippen LogP contribution is -2.15. The third kappa shape index (κ3) is 4.89. The van der Waals surface area contributed by atoms with E-state index in [1.54, 1.807) is 18.4 Å². The van der Waals surface area contributed by atoms with Crippen LogP contribution in [0.4, 0.5) is 0 Å². The molecule has 3 aromatic rings. The van der Waals surface area contributed by atoms with Crippen LogP contribution in [0, 0.1) is 0 Å². The van der Waals surface area contributed by atoms with E-state index >= 15 is 0 Å². The Hall–Kier alpha value is -2.26. The van der Waals surface area contributed by atoms with Crippen molar-refractivity contribution in [3.63, 3.8) is 0 Å². The fourth-order valence-electron chi connectivity index (χ4n) is 2.26. The number of nitrogens with two attached hydrogens (primary N) is 1. The summed E-state index contributed by atoms with van der Waals surface area (Å²) in [5, 5.41) is 9.08. The average molecular weight is 437 g/mol. The Bertz CT molecular complexity index is 867. The summed E-state index contributed by atoms with van der Waals surface area (Å²) in [4.78, 5) is 11.2. The Labute approximate surface area is 163 Å². The first-order chi connectivity index (χ1) is 12.6. The summed E-state index contributed by atoms with van der Waals surface area (Å²) in [5.41, 5.74) is 5.28. The number of aromatic nitrogens is 3. The van der Waals surface area contributed by atoms with E-state index in [1.807, 2.05) is 28.8 Å². The molecular weight excluding hydrogens is 420 g/mol. The highest BCUT2D eigenvalue weighted by molar-refractivity contribution is 9.10. The van der Waals surface area contributed by atoms with Gasteiger partial charge in [-0.15, -0.1) is 10.2 Å². The Balaban J connectivity index is 1.64. The van der Waals surface area contributed by atoms with Crippen molar-refractivity contribution in [3.8, 4) is 17.3 Å². The molecule has 2 aromatic heterocycles. The van der Waals surface area contributed by atoms with Crippen LogP contribution in [0.5, 0.6) is 5.75 Å². The normalized spacial score (nSPS) is 10.8. The summed E-state index contributed by atoms with van der Waals surface area (Å²) in [5.74, 6) is 2.27. The molecule has 0 radical (unpaired) electrons. The van der Waals surface area contributed by atoms with E-state index in [4.69, 9.17) is 14.9 Å². The molecule has 0 bridgehead atoms. The molecule has 1 amide bonds. The van der Waals surface area contributed by atoms with Crippen molar-refractivity contribution in [2.24, 2.45) is 5.73 Å². The van der Waals surface area contributed by atoms with Crippen LogP contribution in [0.15, 0.2) is 56.7 Å². The maximum atomic E-state index is 11.2. The zero-order valence-electron chi connectivity index (χ0n) is 13.8. The largest absolute Gasteiger partial charge is 0.493 e. The van der Waals surface area contributed by atoms with Crippen LogP contribution in [0.2, 0.25) is 0 Å². The predicted molar refractivity (Wildman–Crippen MR) is 102 cm³/mol. The Kier molecular flexibility index (Phi) is 6.35. The Morgan fingerprint density at radius 1 is 1.31 bits per heavy atom. The van der Waals surface area contributed by atoms with Gasteiger partial charge in [0, 0.05) is 23.2 Å².